The van der Waals surface area contributed by atoms with Crippen LogP contribution in [0.4, 0.5) is 0 Å². The quantitative estimate of drug-likeness (QED) is 0.207. The van der Waals surface area contributed by atoms with Crippen molar-refractivity contribution in [2.45, 2.75) is 33.4 Å². The normalized spacial score (nSPS) is 14.6. The fourth-order valence-electron chi connectivity index (χ4n) is 4.83. The zero-order valence-corrected chi connectivity index (χ0v) is 26.7. The van der Waals surface area contributed by atoms with Crippen molar-refractivity contribution in [2.24, 2.45) is 4.99 Å². The number of nitrogens with zero attached hydrogens (tertiary/aromatic N) is 2. The number of fused-ring (bicyclic) bond motifs is 1. The number of carbonyl (C=O) groups is 1. The Bertz CT molecular complexity index is 1850. The summed E-state index contributed by atoms with van der Waals surface area (Å²) in [6.07, 6.45) is 1.82. The number of methoxy groups -OCH3 is 1. The second-order valence-corrected chi connectivity index (χ2v) is 11.5. The van der Waals surface area contributed by atoms with Gasteiger partial charge < -0.3 is 18.9 Å². The second-order valence-electron chi connectivity index (χ2n) is 9.60. The second kappa shape index (κ2) is 13.4. The van der Waals surface area contributed by atoms with Gasteiger partial charge in [-0.2, -0.15) is 0 Å². The molecule has 0 radical (unpaired) electrons. The van der Waals surface area contributed by atoms with Gasteiger partial charge in [-0.1, -0.05) is 69.7 Å². The van der Waals surface area contributed by atoms with Crippen molar-refractivity contribution in [1.29, 1.82) is 0 Å². The van der Waals surface area contributed by atoms with E-state index in [4.69, 9.17) is 18.9 Å². The SMILES string of the molecule is CCOC(=O)C1=C(C)N=c2s/c(=C/c3ccc(OCc4ccccc4)cc3)c(=O)n2[C@H]1c1cc(OC)c(OCC)cc1Br. The molecule has 1 aromatic heterocycles. The molecule has 0 spiro atoms. The lowest BCUT2D eigenvalue weighted by Gasteiger charge is -2.26. The van der Waals surface area contributed by atoms with E-state index in [9.17, 15) is 9.59 Å². The maximum absolute atomic E-state index is 14.0. The van der Waals surface area contributed by atoms with Gasteiger partial charge in [0.1, 0.15) is 12.4 Å². The van der Waals surface area contributed by atoms with Crippen LogP contribution in [0.2, 0.25) is 0 Å². The first-order valence-electron chi connectivity index (χ1n) is 13.8. The predicted molar refractivity (Wildman–Crippen MR) is 169 cm³/mol. The Morgan fingerprint density at radius 3 is 2.44 bits per heavy atom. The molecule has 0 bridgehead atoms. The Hall–Kier alpha value is -4.15. The number of benzene rings is 3. The standard InChI is InChI=1S/C33H31BrN2O6S/c1-5-40-27-18-25(34)24(17-26(27)39-4)30-29(32(38)41-6-2)20(3)35-33-36(30)31(37)28(43-33)16-21-12-14-23(15-13-21)42-19-22-10-8-7-9-11-22/h7-18,30H,5-6,19H2,1-4H3/b28-16+/t30-/m0/s1. The predicted octanol–water partition coefficient (Wildman–Crippen LogP) is 5.55. The largest absolute Gasteiger partial charge is 0.493 e. The minimum Gasteiger partial charge on any atom is -0.493 e. The maximum Gasteiger partial charge on any atom is 0.338 e. The molecule has 1 aliphatic heterocycles. The molecule has 0 N–H and O–H groups in total. The highest BCUT2D eigenvalue weighted by atomic mass is 79.9. The smallest absolute Gasteiger partial charge is 0.338 e. The van der Waals surface area contributed by atoms with Crippen molar-refractivity contribution in [3.63, 3.8) is 0 Å². The summed E-state index contributed by atoms with van der Waals surface area (Å²) >= 11 is 4.91. The highest BCUT2D eigenvalue weighted by Gasteiger charge is 2.35. The Labute approximate surface area is 261 Å². The van der Waals surface area contributed by atoms with E-state index in [1.54, 1.807) is 37.7 Å². The molecule has 0 fully saturated rings. The van der Waals surface area contributed by atoms with Gasteiger partial charge in [0.25, 0.3) is 5.56 Å². The number of carbonyl (C=O) groups excluding carboxylic acids is 1. The molecular formula is C33H31BrN2O6S. The van der Waals surface area contributed by atoms with Crippen LogP contribution in [-0.2, 0) is 16.1 Å². The van der Waals surface area contributed by atoms with E-state index in [-0.39, 0.29) is 17.7 Å². The summed E-state index contributed by atoms with van der Waals surface area (Å²) in [5, 5.41) is 0. The van der Waals surface area contributed by atoms with Gasteiger partial charge in [-0.3, -0.25) is 9.36 Å². The highest BCUT2D eigenvalue weighted by Crippen LogP contribution is 2.41. The first-order chi connectivity index (χ1) is 20.8. The average Bonchev–Trinajstić information content (AvgIpc) is 3.31. The molecule has 0 saturated heterocycles. The van der Waals surface area contributed by atoms with Crippen LogP contribution in [0.25, 0.3) is 6.08 Å². The third kappa shape index (κ3) is 6.45. The number of aromatic nitrogens is 1. The molecule has 3 aromatic carbocycles. The fraction of sp³-hybridized carbons (Fsp3) is 0.242. The van der Waals surface area contributed by atoms with Crippen LogP contribution in [0.5, 0.6) is 17.2 Å². The topological polar surface area (TPSA) is 88.4 Å². The average molecular weight is 664 g/mol. The van der Waals surface area contributed by atoms with Crippen molar-refractivity contribution >= 4 is 39.3 Å². The van der Waals surface area contributed by atoms with Gasteiger partial charge in [-0.15, -0.1) is 0 Å². The van der Waals surface area contributed by atoms with Gasteiger partial charge in [0.15, 0.2) is 16.3 Å². The molecular weight excluding hydrogens is 632 g/mol. The number of hydrogen-bond acceptors (Lipinski definition) is 8. The number of allylic oxidation sites excluding steroid dienone is 1. The van der Waals surface area contributed by atoms with Gasteiger partial charge in [0.2, 0.25) is 0 Å². The number of hydrogen-bond donors (Lipinski definition) is 0. The molecule has 222 valence electrons. The number of rotatable bonds is 10. The number of ether oxygens (including phenoxy) is 4. The van der Waals surface area contributed by atoms with E-state index in [1.165, 1.54) is 11.3 Å². The number of thiazole rings is 1. The van der Waals surface area contributed by atoms with E-state index >= 15 is 0 Å². The van der Waals surface area contributed by atoms with E-state index in [2.05, 4.69) is 20.9 Å². The van der Waals surface area contributed by atoms with Crippen LogP contribution in [0.1, 0.15) is 43.5 Å². The molecule has 43 heavy (non-hydrogen) atoms. The third-order valence-corrected chi connectivity index (χ3v) is 8.49. The van der Waals surface area contributed by atoms with Crippen LogP contribution < -0.4 is 29.1 Å². The van der Waals surface area contributed by atoms with Gasteiger partial charge in [-0.05, 0) is 67.8 Å². The van der Waals surface area contributed by atoms with Crippen molar-refractivity contribution in [3.8, 4) is 17.2 Å². The van der Waals surface area contributed by atoms with E-state index in [0.29, 0.717) is 49.8 Å². The molecule has 10 heteroatoms. The lowest BCUT2D eigenvalue weighted by atomic mass is 9.95. The molecule has 2 heterocycles. The van der Waals surface area contributed by atoms with Gasteiger partial charge in [-0.25, -0.2) is 9.79 Å². The molecule has 0 saturated carbocycles. The molecule has 5 rings (SSSR count). The van der Waals surface area contributed by atoms with Gasteiger partial charge >= 0.3 is 5.97 Å². The summed E-state index contributed by atoms with van der Waals surface area (Å²) in [6.45, 7) is 6.48. The van der Waals surface area contributed by atoms with Crippen molar-refractivity contribution in [1.82, 2.24) is 4.57 Å². The lowest BCUT2D eigenvalue weighted by molar-refractivity contribution is -0.139. The Morgan fingerprint density at radius 2 is 1.77 bits per heavy atom. The van der Waals surface area contributed by atoms with Crippen LogP contribution in [-0.4, -0.2) is 30.9 Å². The molecule has 4 aromatic rings. The zero-order chi connectivity index (χ0) is 30.5. The van der Waals surface area contributed by atoms with E-state index in [1.807, 2.05) is 67.6 Å². The molecule has 1 atom stereocenters. The third-order valence-electron chi connectivity index (χ3n) is 6.82. The van der Waals surface area contributed by atoms with Crippen molar-refractivity contribution in [3.05, 3.63) is 119 Å². The van der Waals surface area contributed by atoms with Crippen LogP contribution >= 0.6 is 27.3 Å². The lowest BCUT2D eigenvalue weighted by Crippen LogP contribution is -2.40. The highest BCUT2D eigenvalue weighted by molar-refractivity contribution is 9.10. The monoisotopic (exact) mass is 662 g/mol. The Kier molecular flexibility index (Phi) is 9.47. The Balaban J connectivity index is 1.57. The summed E-state index contributed by atoms with van der Waals surface area (Å²) in [7, 11) is 1.55. The minimum absolute atomic E-state index is 0.186. The summed E-state index contributed by atoms with van der Waals surface area (Å²) in [6, 6.07) is 20.3. The molecule has 8 nitrogen and oxygen atoms in total. The first kappa shape index (κ1) is 30.3. The number of halogens is 1. The van der Waals surface area contributed by atoms with Crippen LogP contribution in [0, 0.1) is 0 Å². The fourth-order valence-corrected chi connectivity index (χ4v) is 6.41. The van der Waals surface area contributed by atoms with E-state index < -0.39 is 12.0 Å². The van der Waals surface area contributed by atoms with Crippen LogP contribution in [0.3, 0.4) is 0 Å². The van der Waals surface area contributed by atoms with E-state index in [0.717, 1.165) is 16.9 Å². The summed E-state index contributed by atoms with van der Waals surface area (Å²) in [4.78, 5) is 32.4. The minimum atomic E-state index is -0.801. The summed E-state index contributed by atoms with van der Waals surface area (Å²) in [5.74, 6) is 1.22. The maximum atomic E-state index is 14.0. The number of esters is 1. The summed E-state index contributed by atoms with van der Waals surface area (Å²) in [5.41, 5.74) is 3.05. The van der Waals surface area contributed by atoms with Gasteiger partial charge in [0.05, 0.1) is 42.2 Å². The first-order valence-corrected chi connectivity index (χ1v) is 15.4. The Morgan fingerprint density at radius 1 is 1.02 bits per heavy atom. The van der Waals surface area contributed by atoms with Gasteiger partial charge in [0, 0.05) is 4.47 Å². The zero-order valence-electron chi connectivity index (χ0n) is 24.3. The summed E-state index contributed by atoms with van der Waals surface area (Å²) < 4.78 is 25.3. The van der Waals surface area contributed by atoms with Crippen molar-refractivity contribution < 1.29 is 23.7 Å². The molecule has 0 amide bonds. The molecule has 0 unspecified atom stereocenters. The van der Waals surface area contributed by atoms with Crippen molar-refractivity contribution in [2.75, 3.05) is 20.3 Å². The molecule has 1 aliphatic rings. The van der Waals surface area contributed by atoms with Crippen LogP contribution in [0.15, 0.2) is 92.3 Å². The molecule has 0 aliphatic carbocycles.